The average molecular weight is 384 g/mol. The topological polar surface area (TPSA) is 41.6 Å². The Labute approximate surface area is 166 Å². The highest BCUT2D eigenvalue weighted by atomic mass is 19.1. The van der Waals surface area contributed by atoms with Crippen LogP contribution >= 0.6 is 0 Å². The van der Waals surface area contributed by atoms with Gasteiger partial charge in [0.15, 0.2) is 0 Å². The second-order valence-corrected chi connectivity index (χ2v) is 7.36. The number of likely N-dealkylation sites (tertiary alicyclic amines) is 1. The molecule has 0 unspecified atom stereocenters. The van der Waals surface area contributed by atoms with Crippen LogP contribution in [0, 0.1) is 5.82 Å². The molecule has 2 aromatic rings. The van der Waals surface area contributed by atoms with Gasteiger partial charge in [-0.05, 0) is 75.5 Å². The maximum absolute atomic E-state index is 13.1. The van der Waals surface area contributed by atoms with E-state index in [9.17, 15) is 9.18 Å². The van der Waals surface area contributed by atoms with Gasteiger partial charge in [0.25, 0.3) is 0 Å². The highest BCUT2D eigenvalue weighted by molar-refractivity contribution is 5.81. The Bertz CT molecular complexity index is 776. The molecule has 3 atom stereocenters. The number of nitrogens with one attached hydrogen (secondary N) is 1. The van der Waals surface area contributed by atoms with Gasteiger partial charge in [-0.15, -0.1) is 0 Å². The molecule has 5 heteroatoms. The summed E-state index contributed by atoms with van der Waals surface area (Å²) in [5.74, 6) is 0.593. The van der Waals surface area contributed by atoms with Crippen molar-refractivity contribution in [1.29, 1.82) is 0 Å². The molecule has 1 heterocycles. The Morgan fingerprint density at radius 3 is 2.50 bits per heavy atom. The van der Waals surface area contributed by atoms with Gasteiger partial charge in [0.05, 0.1) is 18.7 Å². The van der Waals surface area contributed by atoms with Gasteiger partial charge in [-0.1, -0.05) is 24.3 Å². The van der Waals surface area contributed by atoms with Gasteiger partial charge in [0.1, 0.15) is 11.6 Å². The smallest absolute Gasteiger partial charge is 0.237 e. The molecule has 1 saturated heterocycles. The van der Waals surface area contributed by atoms with Gasteiger partial charge >= 0.3 is 0 Å². The highest BCUT2D eigenvalue weighted by Crippen LogP contribution is 2.34. The average Bonchev–Trinajstić information content (AvgIpc) is 3.18. The van der Waals surface area contributed by atoms with E-state index in [1.165, 1.54) is 17.7 Å². The largest absolute Gasteiger partial charge is 0.494 e. The SMILES string of the molecule is CCOc1ccc([C@@H]2CCCN2[C@@H](C)C(=O)N[C@@H](C)c2ccc(F)cc2)cc1. The third-order valence-electron chi connectivity index (χ3n) is 5.48. The number of rotatable bonds is 7. The molecule has 28 heavy (non-hydrogen) atoms. The Morgan fingerprint density at radius 1 is 1.18 bits per heavy atom. The van der Waals surface area contributed by atoms with Crippen molar-refractivity contribution < 1.29 is 13.9 Å². The van der Waals surface area contributed by atoms with Crippen molar-refractivity contribution >= 4 is 5.91 Å². The zero-order chi connectivity index (χ0) is 20.1. The van der Waals surface area contributed by atoms with E-state index < -0.39 is 0 Å². The van der Waals surface area contributed by atoms with Crippen molar-refractivity contribution in [2.75, 3.05) is 13.2 Å². The number of carbonyl (C=O) groups is 1. The van der Waals surface area contributed by atoms with E-state index in [1.807, 2.05) is 32.9 Å². The van der Waals surface area contributed by atoms with Crippen molar-refractivity contribution in [1.82, 2.24) is 10.2 Å². The molecule has 0 saturated carbocycles. The monoisotopic (exact) mass is 384 g/mol. The van der Waals surface area contributed by atoms with Crippen LogP contribution in [0.4, 0.5) is 4.39 Å². The van der Waals surface area contributed by atoms with E-state index in [2.05, 4.69) is 22.3 Å². The van der Waals surface area contributed by atoms with Gasteiger partial charge in [-0.2, -0.15) is 0 Å². The first-order valence-corrected chi connectivity index (χ1v) is 10.0. The summed E-state index contributed by atoms with van der Waals surface area (Å²) >= 11 is 0. The maximum Gasteiger partial charge on any atom is 0.237 e. The summed E-state index contributed by atoms with van der Waals surface area (Å²) in [6.07, 6.45) is 2.11. The minimum Gasteiger partial charge on any atom is -0.494 e. The lowest BCUT2D eigenvalue weighted by molar-refractivity contribution is -0.126. The number of benzene rings is 2. The van der Waals surface area contributed by atoms with Crippen LogP contribution < -0.4 is 10.1 Å². The van der Waals surface area contributed by atoms with Crippen molar-refractivity contribution in [2.24, 2.45) is 0 Å². The molecule has 1 aliphatic heterocycles. The van der Waals surface area contributed by atoms with Gasteiger partial charge in [-0.3, -0.25) is 9.69 Å². The van der Waals surface area contributed by atoms with E-state index >= 15 is 0 Å². The van der Waals surface area contributed by atoms with Gasteiger partial charge in [0.2, 0.25) is 5.91 Å². The Morgan fingerprint density at radius 2 is 1.86 bits per heavy atom. The van der Waals surface area contributed by atoms with Gasteiger partial charge < -0.3 is 10.1 Å². The molecular formula is C23H29FN2O2. The predicted molar refractivity (Wildman–Crippen MR) is 109 cm³/mol. The third kappa shape index (κ3) is 4.71. The Kier molecular flexibility index (Phi) is 6.68. The van der Waals surface area contributed by atoms with E-state index in [4.69, 9.17) is 4.74 Å². The molecule has 0 aliphatic carbocycles. The molecule has 150 valence electrons. The lowest BCUT2D eigenvalue weighted by Crippen LogP contribution is -2.45. The number of hydrogen-bond acceptors (Lipinski definition) is 3. The molecule has 0 aromatic heterocycles. The van der Waals surface area contributed by atoms with Crippen molar-refractivity contribution in [3.05, 3.63) is 65.5 Å². The first-order valence-electron chi connectivity index (χ1n) is 10.0. The lowest BCUT2D eigenvalue weighted by Gasteiger charge is -2.31. The fourth-order valence-corrected chi connectivity index (χ4v) is 3.88. The van der Waals surface area contributed by atoms with Gasteiger partial charge in [-0.25, -0.2) is 4.39 Å². The van der Waals surface area contributed by atoms with E-state index in [-0.39, 0.29) is 29.8 Å². The number of halogens is 1. The predicted octanol–water partition coefficient (Wildman–Crippen LogP) is 4.63. The van der Waals surface area contributed by atoms with Crippen LogP contribution in [0.25, 0.3) is 0 Å². The highest BCUT2D eigenvalue weighted by Gasteiger charge is 2.33. The van der Waals surface area contributed by atoms with E-state index in [0.717, 1.165) is 30.7 Å². The van der Waals surface area contributed by atoms with Crippen LogP contribution in [-0.2, 0) is 4.79 Å². The first kappa shape index (κ1) is 20.3. The normalized spacial score (nSPS) is 19.2. The molecule has 0 radical (unpaired) electrons. The van der Waals surface area contributed by atoms with E-state index in [1.54, 1.807) is 12.1 Å². The van der Waals surface area contributed by atoms with Crippen LogP contribution in [0.15, 0.2) is 48.5 Å². The minimum atomic E-state index is -0.272. The zero-order valence-electron chi connectivity index (χ0n) is 16.8. The molecule has 1 fully saturated rings. The molecule has 1 aliphatic rings. The third-order valence-corrected chi connectivity index (χ3v) is 5.48. The first-order chi connectivity index (χ1) is 13.5. The number of carbonyl (C=O) groups excluding carboxylic acids is 1. The summed E-state index contributed by atoms with van der Waals surface area (Å²) in [6, 6.07) is 14.3. The lowest BCUT2D eigenvalue weighted by atomic mass is 10.0. The molecule has 3 rings (SSSR count). The van der Waals surface area contributed by atoms with Crippen LogP contribution in [0.1, 0.15) is 56.8 Å². The molecule has 2 aromatic carbocycles. The number of amides is 1. The fraction of sp³-hybridized carbons (Fsp3) is 0.435. The quantitative estimate of drug-likeness (QED) is 0.757. The summed E-state index contributed by atoms with van der Waals surface area (Å²) in [6.45, 7) is 7.40. The standard InChI is InChI=1S/C23H29FN2O2/c1-4-28-21-13-9-19(10-14-21)22-6-5-15-26(22)17(3)23(27)25-16(2)18-7-11-20(24)12-8-18/h7-14,16-17,22H,4-6,15H2,1-3H3,(H,25,27)/t16-,17-,22-/m0/s1. The summed E-state index contributed by atoms with van der Waals surface area (Å²) in [5, 5.41) is 3.07. The van der Waals surface area contributed by atoms with Crippen LogP contribution in [-0.4, -0.2) is 30.0 Å². The number of hydrogen-bond donors (Lipinski definition) is 1. The molecule has 0 spiro atoms. The van der Waals surface area contributed by atoms with E-state index in [0.29, 0.717) is 6.61 Å². The number of ether oxygens (including phenoxy) is 1. The molecule has 0 bridgehead atoms. The molecule has 4 nitrogen and oxygen atoms in total. The summed E-state index contributed by atoms with van der Waals surface area (Å²) in [5.41, 5.74) is 2.11. The second-order valence-electron chi connectivity index (χ2n) is 7.36. The molecule has 1 N–H and O–H groups in total. The second kappa shape index (κ2) is 9.20. The van der Waals surface area contributed by atoms with Crippen LogP contribution in [0.5, 0.6) is 5.75 Å². The van der Waals surface area contributed by atoms with Crippen molar-refractivity contribution in [3.63, 3.8) is 0 Å². The maximum atomic E-state index is 13.1. The van der Waals surface area contributed by atoms with Gasteiger partial charge in [0, 0.05) is 6.04 Å². The van der Waals surface area contributed by atoms with Crippen LogP contribution in [0.3, 0.4) is 0 Å². The van der Waals surface area contributed by atoms with Crippen molar-refractivity contribution in [3.8, 4) is 5.75 Å². The Hall–Kier alpha value is -2.40. The molecular weight excluding hydrogens is 355 g/mol. The zero-order valence-corrected chi connectivity index (χ0v) is 16.8. The summed E-state index contributed by atoms with van der Waals surface area (Å²) < 4.78 is 18.6. The Balaban J connectivity index is 1.65. The number of nitrogens with zero attached hydrogens (tertiary/aromatic N) is 1. The minimum absolute atomic E-state index is 0.00494. The van der Waals surface area contributed by atoms with Crippen molar-refractivity contribution in [2.45, 2.75) is 51.7 Å². The fourth-order valence-electron chi connectivity index (χ4n) is 3.88. The summed E-state index contributed by atoms with van der Waals surface area (Å²) in [4.78, 5) is 15.1. The summed E-state index contributed by atoms with van der Waals surface area (Å²) in [7, 11) is 0. The molecule has 1 amide bonds. The van der Waals surface area contributed by atoms with Crippen LogP contribution in [0.2, 0.25) is 0 Å².